The fourth-order valence-electron chi connectivity index (χ4n) is 2.75. The largest absolute Gasteiger partial charge is 0.451 e. The molecule has 0 atom stereocenters. The first-order valence-electron chi connectivity index (χ1n) is 8.15. The predicted molar refractivity (Wildman–Crippen MR) is 96.5 cm³/mol. The van der Waals surface area contributed by atoms with Crippen LogP contribution in [0.25, 0.3) is 28.2 Å². The van der Waals surface area contributed by atoms with Crippen molar-refractivity contribution in [3.05, 3.63) is 64.5 Å². The van der Waals surface area contributed by atoms with E-state index in [2.05, 4.69) is 26.0 Å². The first-order valence-corrected chi connectivity index (χ1v) is 8.15. The number of aromatic amines is 1. The summed E-state index contributed by atoms with van der Waals surface area (Å²) in [5.74, 6) is -2.20. The molecule has 0 aliphatic rings. The van der Waals surface area contributed by atoms with Crippen molar-refractivity contribution in [1.82, 2.24) is 24.6 Å². The van der Waals surface area contributed by atoms with Crippen LogP contribution in [0.5, 0.6) is 6.01 Å². The van der Waals surface area contributed by atoms with E-state index in [4.69, 9.17) is 11.2 Å². The number of halogens is 3. The van der Waals surface area contributed by atoms with Gasteiger partial charge in [0.25, 0.3) is 0 Å². The van der Waals surface area contributed by atoms with Gasteiger partial charge in [-0.2, -0.15) is 14.6 Å². The molecule has 3 heterocycles. The summed E-state index contributed by atoms with van der Waals surface area (Å²) in [5, 5.41) is 4.18. The second-order valence-corrected chi connectivity index (χ2v) is 5.77. The van der Waals surface area contributed by atoms with Crippen LogP contribution in [0.2, 0.25) is 0 Å². The highest BCUT2D eigenvalue weighted by molar-refractivity contribution is 5.89. The van der Waals surface area contributed by atoms with Gasteiger partial charge in [-0.25, -0.2) is 18.0 Å². The second kappa shape index (κ2) is 7.12. The standard InChI is InChI=1S/C19H10F3N5O2/c1-2-7-29-18-24-17-14(10-8-11(20)15(22)12(21)9-10)16(13-5-3-4-6-23-13)26-27(17)19(28)25-18/h1,3-6,8-9H,7H2,(H,24,25,28). The third kappa shape index (κ3) is 3.19. The molecule has 10 heteroatoms. The van der Waals surface area contributed by atoms with Crippen LogP contribution in [0.3, 0.4) is 0 Å². The number of nitrogens with one attached hydrogen (secondary N) is 1. The van der Waals surface area contributed by atoms with Gasteiger partial charge >= 0.3 is 11.7 Å². The summed E-state index contributed by atoms with van der Waals surface area (Å²) >= 11 is 0. The minimum atomic E-state index is -1.62. The third-order valence-corrected chi connectivity index (χ3v) is 3.95. The zero-order chi connectivity index (χ0) is 20.5. The van der Waals surface area contributed by atoms with Gasteiger partial charge in [0.1, 0.15) is 5.69 Å². The van der Waals surface area contributed by atoms with Crippen molar-refractivity contribution in [2.24, 2.45) is 0 Å². The Morgan fingerprint density at radius 2 is 1.97 bits per heavy atom. The van der Waals surface area contributed by atoms with Crippen LogP contribution in [-0.2, 0) is 0 Å². The first kappa shape index (κ1) is 18.2. The number of rotatable bonds is 4. The van der Waals surface area contributed by atoms with E-state index in [0.717, 1.165) is 16.6 Å². The van der Waals surface area contributed by atoms with Gasteiger partial charge in [0.05, 0.1) is 11.3 Å². The Morgan fingerprint density at radius 3 is 2.62 bits per heavy atom. The number of ether oxygens (including phenoxy) is 1. The maximum atomic E-state index is 13.9. The molecule has 1 N–H and O–H groups in total. The number of nitrogens with zero attached hydrogens (tertiary/aromatic N) is 4. The molecule has 29 heavy (non-hydrogen) atoms. The Bertz CT molecular complexity index is 1300. The molecule has 0 saturated heterocycles. The van der Waals surface area contributed by atoms with E-state index >= 15 is 0 Å². The smallest absolute Gasteiger partial charge is 0.352 e. The van der Waals surface area contributed by atoms with E-state index in [9.17, 15) is 18.0 Å². The Hall–Kier alpha value is -4.13. The van der Waals surface area contributed by atoms with E-state index in [1.54, 1.807) is 18.2 Å². The van der Waals surface area contributed by atoms with Crippen LogP contribution in [0.4, 0.5) is 13.2 Å². The van der Waals surface area contributed by atoms with Gasteiger partial charge in [0.2, 0.25) is 0 Å². The minimum Gasteiger partial charge on any atom is -0.451 e. The van der Waals surface area contributed by atoms with Crippen LogP contribution in [-0.4, -0.2) is 31.2 Å². The number of H-pyrrole nitrogens is 1. The lowest BCUT2D eigenvalue weighted by Crippen LogP contribution is -2.20. The number of terminal acetylenes is 1. The summed E-state index contributed by atoms with van der Waals surface area (Å²) < 4.78 is 47.3. The van der Waals surface area contributed by atoms with Crippen molar-refractivity contribution >= 4 is 5.65 Å². The molecule has 0 spiro atoms. The number of hydrogen-bond donors (Lipinski definition) is 1. The summed E-state index contributed by atoms with van der Waals surface area (Å²) in [5.41, 5.74) is -0.400. The van der Waals surface area contributed by atoms with Gasteiger partial charge in [-0.15, -0.1) is 6.42 Å². The average molecular weight is 397 g/mol. The molecule has 1 aromatic carbocycles. The molecule has 0 radical (unpaired) electrons. The number of benzene rings is 1. The molecular weight excluding hydrogens is 387 g/mol. The summed E-state index contributed by atoms with van der Waals surface area (Å²) in [7, 11) is 0. The molecule has 0 saturated carbocycles. The van der Waals surface area contributed by atoms with Gasteiger partial charge in [-0.05, 0) is 29.8 Å². The number of pyridine rings is 1. The van der Waals surface area contributed by atoms with Crippen molar-refractivity contribution in [1.29, 1.82) is 0 Å². The molecule has 0 aliphatic heterocycles. The monoisotopic (exact) mass is 397 g/mol. The Morgan fingerprint density at radius 1 is 1.21 bits per heavy atom. The molecule has 0 unspecified atom stereocenters. The van der Waals surface area contributed by atoms with Gasteiger partial charge in [0.15, 0.2) is 29.7 Å². The van der Waals surface area contributed by atoms with Gasteiger partial charge in [-0.1, -0.05) is 12.0 Å². The molecule has 4 rings (SSSR count). The molecule has 144 valence electrons. The van der Waals surface area contributed by atoms with E-state index in [1.807, 2.05) is 0 Å². The average Bonchev–Trinajstić information content (AvgIpc) is 3.11. The molecule has 4 aromatic rings. The normalized spacial score (nSPS) is 10.8. The lowest BCUT2D eigenvalue weighted by atomic mass is 10.0. The number of aromatic nitrogens is 5. The number of fused-ring (bicyclic) bond motifs is 1. The molecule has 3 aromatic heterocycles. The summed E-state index contributed by atoms with van der Waals surface area (Å²) in [6.45, 7) is -0.171. The Kier molecular flexibility index (Phi) is 4.48. The lowest BCUT2D eigenvalue weighted by Gasteiger charge is -2.05. The van der Waals surface area contributed by atoms with Crippen LogP contribution < -0.4 is 10.4 Å². The maximum absolute atomic E-state index is 13.9. The fraction of sp³-hybridized carbons (Fsp3) is 0.0526. The van der Waals surface area contributed by atoms with E-state index in [0.29, 0.717) is 5.69 Å². The highest BCUT2D eigenvalue weighted by Gasteiger charge is 2.23. The third-order valence-electron chi connectivity index (χ3n) is 3.95. The quantitative estimate of drug-likeness (QED) is 0.423. The lowest BCUT2D eigenvalue weighted by molar-refractivity contribution is 0.337. The molecule has 0 fully saturated rings. The van der Waals surface area contributed by atoms with Gasteiger partial charge < -0.3 is 4.74 Å². The molecular formula is C19H10F3N5O2. The maximum Gasteiger partial charge on any atom is 0.352 e. The second-order valence-electron chi connectivity index (χ2n) is 5.77. The van der Waals surface area contributed by atoms with E-state index in [1.165, 1.54) is 6.20 Å². The zero-order valence-corrected chi connectivity index (χ0v) is 14.5. The summed E-state index contributed by atoms with van der Waals surface area (Å²) in [6.07, 6.45) is 6.62. The number of hydrogen-bond acceptors (Lipinski definition) is 5. The molecule has 7 nitrogen and oxygen atoms in total. The van der Waals surface area contributed by atoms with Crippen LogP contribution in [0.15, 0.2) is 41.3 Å². The fourth-order valence-corrected chi connectivity index (χ4v) is 2.75. The van der Waals surface area contributed by atoms with E-state index < -0.39 is 23.1 Å². The van der Waals surface area contributed by atoms with Crippen LogP contribution in [0, 0.1) is 29.8 Å². The first-order chi connectivity index (χ1) is 14.0. The van der Waals surface area contributed by atoms with Crippen molar-refractivity contribution in [2.45, 2.75) is 0 Å². The van der Waals surface area contributed by atoms with Crippen LogP contribution >= 0.6 is 0 Å². The van der Waals surface area contributed by atoms with Crippen LogP contribution in [0.1, 0.15) is 0 Å². The Balaban J connectivity index is 2.07. The molecule has 0 amide bonds. The minimum absolute atomic E-state index is 0.0677. The van der Waals surface area contributed by atoms with Gasteiger partial charge in [-0.3, -0.25) is 9.97 Å². The topological polar surface area (TPSA) is 85.2 Å². The highest BCUT2D eigenvalue weighted by atomic mass is 19.2. The van der Waals surface area contributed by atoms with Gasteiger partial charge in [0, 0.05) is 6.20 Å². The highest BCUT2D eigenvalue weighted by Crippen LogP contribution is 2.34. The van der Waals surface area contributed by atoms with E-state index in [-0.39, 0.29) is 35.1 Å². The van der Waals surface area contributed by atoms with Crippen molar-refractivity contribution in [3.63, 3.8) is 0 Å². The van der Waals surface area contributed by atoms with Crippen molar-refractivity contribution < 1.29 is 17.9 Å². The summed E-state index contributed by atoms with van der Waals surface area (Å²) in [6, 6.07) is 6.27. The predicted octanol–water partition coefficient (Wildman–Crippen LogP) is 2.58. The zero-order valence-electron chi connectivity index (χ0n) is 14.5. The Labute approximate surface area is 160 Å². The molecule has 0 bridgehead atoms. The molecule has 0 aliphatic carbocycles. The SMILES string of the molecule is C#CCOc1nc2c(-c3cc(F)c(F)c(F)c3)c(-c3ccccn3)nn2c(=O)[nH]1. The summed E-state index contributed by atoms with van der Waals surface area (Å²) in [4.78, 5) is 23.1. The van der Waals surface area contributed by atoms with Crippen molar-refractivity contribution in [3.8, 4) is 40.9 Å². The van der Waals surface area contributed by atoms with Crippen molar-refractivity contribution in [2.75, 3.05) is 6.61 Å².